The van der Waals surface area contributed by atoms with E-state index in [-0.39, 0.29) is 17.5 Å². The predicted octanol–water partition coefficient (Wildman–Crippen LogP) is 13.8. The summed E-state index contributed by atoms with van der Waals surface area (Å²) in [5, 5.41) is 0. The Kier molecular flexibility index (Phi) is 15.4. The lowest BCUT2D eigenvalue weighted by Gasteiger charge is -2.55. The highest BCUT2D eigenvalue weighted by Gasteiger charge is 2.57. The first kappa shape index (κ1) is 38.2. The van der Waals surface area contributed by atoms with Gasteiger partial charge in [0.25, 0.3) is 0 Å². The zero-order chi connectivity index (χ0) is 33.7. The van der Waals surface area contributed by atoms with Crippen molar-refractivity contribution in [2.45, 2.75) is 195 Å². The van der Waals surface area contributed by atoms with E-state index in [1.807, 2.05) is 0 Å². The summed E-state index contributed by atoms with van der Waals surface area (Å²) in [5.41, 5.74) is 5.52. The van der Waals surface area contributed by atoms with Gasteiger partial charge in [-0.2, -0.15) is 0 Å². The fourth-order valence-corrected chi connectivity index (χ4v) is 10.5. The van der Waals surface area contributed by atoms with Crippen LogP contribution in [0.5, 0.6) is 0 Å². The molecule has 0 bridgehead atoms. The third-order valence-electron chi connectivity index (χ3n) is 13.4. The second kappa shape index (κ2) is 19.0. The summed E-state index contributed by atoms with van der Waals surface area (Å²) in [4.78, 5) is 12.8. The van der Waals surface area contributed by atoms with E-state index in [1.54, 1.807) is 11.1 Å². The maximum absolute atomic E-state index is 12.8. The molecule has 0 aromatic rings. The number of hydrogen-bond acceptors (Lipinski definition) is 2. The second-order valence-electron chi connectivity index (χ2n) is 17.1. The van der Waals surface area contributed by atoms with E-state index >= 15 is 0 Å². The molecule has 0 amide bonds. The number of ether oxygens (including phenoxy) is 1. The van der Waals surface area contributed by atoms with Crippen LogP contribution in [-0.2, 0) is 9.53 Å². The first-order valence-corrected chi connectivity index (χ1v) is 20.6. The smallest absolute Gasteiger partial charge is 0.306 e. The molecule has 0 aromatic carbocycles. The highest BCUT2D eigenvalue weighted by molar-refractivity contribution is 5.69. The summed E-state index contributed by atoms with van der Waals surface area (Å²) in [6.45, 7) is 14.5. The van der Waals surface area contributed by atoms with Crippen molar-refractivity contribution >= 4 is 5.97 Å². The number of esters is 1. The monoisotopic (exact) mass is 647 g/mol. The third kappa shape index (κ3) is 10.5. The molecule has 0 aliphatic heterocycles. The van der Waals surface area contributed by atoms with Gasteiger partial charge in [0.15, 0.2) is 0 Å². The maximum atomic E-state index is 12.8. The minimum atomic E-state index is 0.0352. The summed E-state index contributed by atoms with van der Waals surface area (Å²) < 4.78 is 6.10. The molecule has 4 aliphatic carbocycles. The van der Waals surface area contributed by atoms with E-state index in [9.17, 15) is 4.79 Å². The minimum absolute atomic E-state index is 0.0352. The third-order valence-corrected chi connectivity index (χ3v) is 13.4. The Morgan fingerprint density at radius 2 is 1.51 bits per heavy atom. The molecule has 2 heteroatoms. The van der Waals surface area contributed by atoms with Crippen molar-refractivity contribution < 1.29 is 9.53 Å². The molecular formula is C45H74O2. The molecule has 0 heterocycles. The van der Waals surface area contributed by atoms with Crippen molar-refractivity contribution in [3.63, 3.8) is 0 Å². The Hall–Kier alpha value is -1.57. The van der Waals surface area contributed by atoms with Gasteiger partial charge in [-0.15, -0.1) is 0 Å². The van der Waals surface area contributed by atoms with Gasteiger partial charge in [0, 0.05) is 12.8 Å². The van der Waals surface area contributed by atoms with Gasteiger partial charge in [-0.25, -0.2) is 0 Å². The van der Waals surface area contributed by atoms with Crippen LogP contribution in [0.25, 0.3) is 0 Å². The summed E-state index contributed by atoms with van der Waals surface area (Å²) in [6.07, 6.45) is 40.8. The quantitative estimate of drug-likeness (QED) is 0.0747. The van der Waals surface area contributed by atoms with Gasteiger partial charge in [-0.1, -0.05) is 126 Å². The van der Waals surface area contributed by atoms with Gasteiger partial charge in [0.1, 0.15) is 6.10 Å². The molecule has 47 heavy (non-hydrogen) atoms. The summed E-state index contributed by atoms with van der Waals surface area (Å²) in [7, 11) is 0. The topological polar surface area (TPSA) is 26.3 Å². The number of carbonyl (C=O) groups is 1. The Morgan fingerprint density at radius 1 is 0.830 bits per heavy atom. The van der Waals surface area contributed by atoms with Gasteiger partial charge in [-0.3, -0.25) is 4.79 Å². The Labute approximate surface area is 291 Å². The average molecular weight is 647 g/mol. The van der Waals surface area contributed by atoms with Crippen LogP contribution < -0.4 is 0 Å². The zero-order valence-corrected chi connectivity index (χ0v) is 31.9. The highest BCUT2D eigenvalue weighted by Crippen LogP contribution is 2.66. The number of allylic oxidation sites excluding steroid dienone is 7. The van der Waals surface area contributed by atoms with Crippen molar-refractivity contribution in [1.29, 1.82) is 0 Å². The number of hydrogen-bond donors (Lipinski definition) is 0. The number of carbonyl (C=O) groups excluding carboxylic acids is 1. The fraction of sp³-hybridized carbons (Fsp3) is 0.800. The Morgan fingerprint density at radius 3 is 2.21 bits per heavy atom. The standard InChI is InChI=1S/C45H74O2/c1-7-8-9-10-11-12-13-14-15-16-17-18-19-20-21-25-43(46)47-38-30-32-44(5)37(34-38)26-27-39-41-29-28-40(36(4)24-22-23-35(2)3)45(41,6)33-31-42(39)44/h14-15,23,26-27,36,38,40-42H,7-13,16-22,24-25,28-34H2,1-6H3/b15-14-. The van der Waals surface area contributed by atoms with Crippen molar-refractivity contribution in [2.75, 3.05) is 0 Å². The van der Waals surface area contributed by atoms with Crippen molar-refractivity contribution in [3.05, 3.63) is 47.1 Å². The van der Waals surface area contributed by atoms with Crippen LogP contribution in [0.4, 0.5) is 0 Å². The summed E-state index contributed by atoms with van der Waals surface area (Å²) in [5.74, 6) is 3.14. The SMILES string of the molecule is CCCCCCCC/C=C\CCCCCCCC(=O)OC1CCC2(C)C(=CC=C3C2CCC2(C)C3CCC2C(C)CCC=C(C)C)C1. The van der Waals surface area contributed by atoms with Gasteiger partial charge in [-0.05, 0) is 132 Å². The van der Waals surface area contributed by atoms with E-state index in [1.165, 1.54) is 115 Å². The summed E-state index contributed by atoms with van der Waals surface area (Å²) in [6, 6.07) is 0. The van der Waals surface area contributed by atoms with Crippen molar-refractivity contribution in [1.82, 2.24) is 0 Å². The molecule has 0 spiro atoms. The highest BCUT2D eigenvalue weighted by atomic mass is 16.5. The number of fused-ring (bicyclic) bond motifs is 5. The van der Waals surface area contributed by atoms with Crippen LogP contribution in [-0.4, -0.2) is 12.1 Å². The Balaban J connectivity index is 1.14. The first-order chi connectivity index (χ1) is 22.7. The van der Waals surface area contributed by atoms with Gasteiger partial charge >= 0.3 is 5.97 Å². The molecule has 2 nitrogen and oxygen atoms in total. The average Bonchev–Trinajstić information content (AvgIpc) is 3.40. The molecule has 266 valence electrons. The zero-order valence-electron chi connectivity index (χ0n) is 31.9. The number of rotatable bonds is 20. The van der Waals surface area contributed by atoms with Crippen LogP contribution in [0, 0.1) is 34.5 Å². The first-order valence-electron chi connectivity index (χ1n) is 20.6. The lowest BCUT2D eigenvalue weighted by Crippen LogP contribution is -2.46. The minimum Gasteiger partial charge on any atom is -0.462 e. The van der Waals surface area contributed by atoms with Crippen molar-refractivity contribution in [2.24, 2.45) is 34.5 Å². The molecule has 3 saturated carbocycles. The lowest BCUT2D eigenvalue weighted by atomic mass is 9.50. The number of unbranched alkanes of at least 4 members (excludes halogenated alkanes) is 11. The summed E-state index contributed by atoms with van der Waals surface area (Å²) >= 11 is 0. The van der Waals surface area contributed by atoms with E-state index in [2.05, 4.69) is 71.9 Å². The molecule has 4 rings (SSSR count). The molecule has 0 saturated heterocycles. The maximum Gasteiger partial charge on any atom is 0.306 e. The van der Waals surface area contributed by atoms with Crippen LogP contribution in [0.3, 0.4) is 0 Å². The van der Waals surface area contributed by atoms with Crippen LogP contribution in [0.15, 0.2) is 47.1 Å². The molecule has 0 N–H and O–H groups in total. The molecular weight excluding hydrogens is 572 g/mol. The molecule has 4 aliphatic rings. The van der Waals surface area contributed by atoms with Crippen molar-refractivity contribution in [3.8, 4) is 0 Å². The molecule has 0 radical (unpaired) electrons. The second-order valence-corrected chi connectivity index (χ2v) is 17.1. The molecule has 3 fully saturated rings. The van der Waals surface area contributed by atoms with Crippen LogP contribution in [0.1, 0.15) is 189 Å². The van der Waals surface area contributed by atoms with Crippen LogP contribution >= 0.6 is 0 Å². The van der Waals surface area contributed by atoms with Gasteiger partial charge in [0.2, 0.25) is 0 Å². The molecule has 7 atom stereocenters. The van der Waals surface area contributed by atoms with E-state index in [4.69, 9.17) is 4.74 Å². The fourth-order valence-electron chi connectivity index (χ4n) is 10.5. The van der Waals surface area contributed by atoms with E-state index < -0.39 is 0 Å². The largest absolute Gasteiger partial charge is 0.462 e. The normalized spacial score (nSPS) is 30.6. The van der Waals surface area contributed by atoms with Gasteiger partial charge in [0.05, 0.1) is 0 Å². The lowest BCUT2D eigenvalue weighted by molar-refractivity contribution is -0.151. The van der Waals surface area contributed by atoms with E-state index in [0.717, 1.165) is 49.9 Å². The van der Waals surface area contributed by atoms with Crippen LogP contribution in [0.2, 0.25) is 0 Å². The Bertz CT molecular complexity index is 1090. The van der Waals surface area contributed by atoms with E-state index in [0.29, 0.717) is 17.8 Å². The molecule has 7 unspecified atom stereocenters. The predicted molar refractivity (Wildman–Crippen MR) is 202 cm³/mol. The molecule has 0 aromatic heterocycles. The van der Waals surface area contributed by atoms with Gasteiger partial charge < -0.3 is 4.74 Å².